The van der Waals surface area contributed by atoms with E-state index in [1.54, 1.807) is 0 Å². The van der Waals surface area contributed by atoms with Crippen LogP contribution in [0.15, 0.2) is 76.3 Å². The fourth-order valence-corrected chi connectivity index (χ4v) is 4.52. The molecular formula is C24H20BrClN2O. The maximum Gasteiger partial charge on any atom is 0.213 e. The average molecular weight is 468 g/mol. The quantitative estimate of drug-likeness (QED) is 0.418. The number of hydrazone groups is 1. The highest BCUT2D eigenvalue weighted by Crippen LogP contribution is 2.48. The lowest BCUT2D eigenvalue weighted by atomic mass is 9.95. The van der Waals surface area contributed by atoms with Gasteiger partial charge in [0.05, 0.1) is 11.8 Å². The number of ether oxygens (including phenoxy) is 1. The third kappa shape index (κ3) is 3.45. The largest absolute Gasteiger partial charge is 0.464 e. The van der Waals surface area contributed by atoms with Crippen molar-refractivity contribution in [1.82, 2.24) is 5.01 Å². The molecule has 0 bridgehead atoms. The zero-order chi connectivity index (χ0) is 20.0. The first kappa shape index (κ1) is 18.7. The van der Waals surface area contributed by atoms with Gasteiger partial charge in [0.15, 0.2) is 0 Å². The van der Waals surface area contributed by atoms with Gasteiger partial charge in [-0.15, -0.1) is 0 Å². The number of nitrogens with zero attached hydrogens (tertiary/aromatic N) is 2. The molecule has 0 saturated carbocycles. The Balaban J connectivity index is 1.57. The first-order valence-electron chi connectivity index (χ1n) is 9.79. The van der Waals surface area contributed by atoms with Crippen LogP contribution in [-0.4, -0.2) is 10.7 Å². The topological polar surface area (TPSA) is 24.8 Å². The summed E-state index contributed by atoms with van der Waals surface area (Å²) in [6, 6.07) is 22.9. The standard InChI is InChI=1S/C24H20BrClN2O/c1-2-15-3-5-16(6-4-15)21-14-22-20-13-18(25)9-12-23(20)29-24(28(22)27-21)17-7-10-19(26)11-8-17/h3-13,22,24H,2,14H2,1H3/t22-,24-/m1/s1. The summed E-state index contributed by atoms with van der Waals surface area (Å²) >= 11 is 9.71. The van der Waals surface area contributed by atoms with Crippen molar-refractivity contribution in [3.63, 3.8) is 0 Å². The fraction of sp³-hybridized carbons (Fsp3) is 0.208. The van der Waals surface area contributed by atoms with Gasteiger partial charge in [0.25, 0.3) is 0 Å². The van der Waals surface area contributed by atoms with Crippen molar-refractivity contribution in [2.24, 2.45) is 5.10 Å². The normalized spacial score (nSPS) is 20.0. The van der Waals surface area contributed by atoms with Crippen LogP contribution in [0.5, 0.6) is 5.75 Å². The Morgan fingerprint density at radius 2 is 1.83 bits per heavy atom. The van der Waals surface area contributed by atoms with E-state index in [0.717, 1.165) is 39.9 Å². The Morgan fingerprint density at radius 1 is 1.07 bits per heavy atom. The van der Waals surface area contributed by atoms with Crippen LogP contribution < -0.4 is 4.74 Å². The Kier molecular flexibility index (Phi) is 4.84. The van der Waals surface area contributed by atoms with Crippen molar-refractivity contribution >= 4 is 33.2 Å². The van der Waals surface area contributed by atoms with Gasteiger partial charge in [0, 0.05) is 27.0 Å². The van der Waals surface area contributed by atoms with Crippen LogP contribution in [0, 0.1) is 0 Å². The van der Waals surface area contributed by atoms with Crippen molar-refractivity contribution in [2.75, 3.05) is 0 Å². The molecule has 0 amide bonds. The van der Waals surface area contributed by atoms with Gasteiger partial charge in [-0.05, 0) is 47.9 Å². The number of hydrogen-bond acceptors (Lipinski definition) is 3. The summed E-state index contributed by atoms with van der Waals surface area (Å²) < 4.78 is 7.45. The molecule has 3 aromatic rings. The molecule has 0 fully saturated rings. The molecule has 5 heteroatoms. The molecule has 0 saturated heterocycles. The lowest BCUT2D eigenvalue weighted by Gasteiger charge is -2.38. The second-order valence-electron chi connectivity index (χ2n) is 7.40. The highest BCUT2D eigenvalue weighted by molar-refractivity contribution is 9.10. The van der Waals surface area contributed by atoms with E-state index in [9.17, 15) is 0 Å². The van der Waals surface area contributed by atoms with Crippen LogP contribution in [0.1, 0.15) is 47.9 Å². The van der Waals surface area contributed by atoms with E-state index in [1.807, 2.05) is 36.4 Å². The maximum atomic E-state index is 6.40. The lowest BCUT2D eigenvalue weighted by Crippen LogP contribution is -2.33. The van der Waals surface area contributed by atoms with E-state index >= 15 is 0 Å². The summed E-state index contributed by atoms with van der Waals surface area (Å²) in [6.07, 6.45) is 1.61. The third-order valence-corrected chi connectivity index (χ3v) is 6.35. The first-order valence-corrected chi connectivity index (χ1v) is 11.0. The molecule has 146 valence electrons. The molecule has 0 aliphatic carbocycles. The number of halogens is 2. The summed E-state index contributed by atoms with van der Waals surface area (Å²) in [5.41, 5.74) is 5.80. The van der Waals surface area contributed by atoms with E-state index in [0.29, 0.717) is 5.02 Å². The average Bonchev–Trinajstić information content (AvgIpc) is 3.20. The van der Waals surface area contributed by atoms with Crippen molar-refractivity contribution in [1.29, 1.82) is 0 Å². The molecule has 0 aromatic heterocycles. The van der Waals surface area contributed by atoms with Crippen molar-refractivity contribution in [3.8, 4) is 5.75 Å². The molecule has 2 atom stereocenters. The maximum absolute atomic E-state index is 6.40. The van der Waals surface area contributed by atoms with Crippen LogP contribution in [0.25, 0.3) is 0 Å². The van der Waals surface area contributed by atoms with Gasteiger partial charge in [0.2, 0.25) is 6.23 Å². The third-order valence-electron chi connectivity index (χ3n) is 5.60. The van der Waals surface area contributed by atoms with E-state index in [-0.39, 0.29) is 12.3 Å². The molecule has 0 spiro atoms. The van der Waals surface area contributed by atoms with E-state index < -0.39 is 0 Å². The number of hydrogen-bond donors (Lipinski definition) is 0. The molecule has 29 heavy (non-hydrogen) atoms. The van der Waals surface area contributed by atoms with Gasteiger partial charge in [-0.3, -0.25) is 0 Å². The molecule has 0 radical (unpaired) electrons. The van der Waals surface area contributed by atoms with Crippen molar-refractivity contribution < 1.29 is 4.74 Å². The Bertz CT molecular complexity index is 1080. The zero-order valence-corrected chi connectivity index (χ0v) is 18.3. The summed E-state index contributed by atoms with van der Waals surface area (Å²) in [6.45, 7) is 2.17. The zero-order valence-electron chi connectivity index (χ0n) is 16.0. The van der Waals surface area contributed by atoms with Crippen LogP contribution in [0.2, 0.25) is 5.02 Å². The van der Waals surface area contributed by atoms with Crippen LogP contribution in [0.4, 0.5) is 0 Å². The molecule has 2 aliphatic heterocycles. The van der Waals surface area contributed by atoms with E-state index in [4.69, 9.17) is 21.4 Å². The SMILES string of the molecule is CCc1ccc(C2=NN3[C@H](C2)c2cc(Br)ccc2O[C@@H]3c2ccc(Cl)cc2)cc1. The number of rotatable bonds is 3. The Hall–Kier alpha value is -2.30. The minimum atomic E-state index is -0.279. The second kappa shape index (κ2) is 7.51. The molecule has 5 rings (SSSR count). The van der Waals surface area contributed by atoms with Gasteiger partial charge in [-0.2, -0.15) is 5.10 Å². The van der Waals surface area contributed by atoms with E-state index in [2.05, 4.69) is 58.2 Å². The number of benzene rings is 3. The predicted octanol–water partition coefficient (Wildman–Crippen LogP) is 6.91. The monoisotopic (exact) mass is 466 g/mol. The molecule has 2 heterocycles. The van der Waals surface area contributed by atoms with Gasteiger partial charge in [0.1, 0.15) is 5.75 Å². The summed E-state index contributed by atoms with van der Waals surface area (Å²) in [7, 11) is 0. The Morgan fingerprint density at radius 3 is 2.55 bits per heavy atom. The van der Waals surface area contributed by atoms with Crippen LogP contribution >= 0.6 is 27.5 Å². The minimum absolute atomic E-state index is 0.137. The number of fused-ring (bicyclic) bond motifs is 3. The van der Waals surface area contributed by atoms with Crippen molar-refractivity contribution in [2.45, 2.75) is 32.0 Å². The van der Waals surface area contributed by atoms with Crippen LogP contribution in [0.3, 0.4) is 0 Å². The summed E-state index contributed by atoms with van der Waals surface area (Å²) in [5.74, 6) is 0.909. The molecule has 0 unspecified atom stereocenters. The van der Waals surface area contributed by atoms with Crippen LogP contribution in [-0.2, 0) is 6.42 Å². The highest BCUT2D eigenvalue weighted by atomic mass is 79.9. The number of aryl methyl sites for hydroxylation is 1. The molecular weight excluding hydrogens is 448 g/mol. The Labute approximate surface area is 184 Å². The summed E-state index contributed by atoms with van der Waals surface area (Å²) in [4.78, 5) is 0. The molecule has 0 N–H and O–H groups in total. The lowest BCUT2D eigenvalue weighted by molar-refractivity contribution is -0.0190. The van der Waals surface area contributed by atoms with Gasteiger partial charge < -0.3 is 4.74 Å². The predicted molar refractivity (Wildman–Crippen MR) is 121 cm³/mol. The van der Waals surface area contributed by atoms with Gasteiger partial charge >= 0.3 is 0 Å². The smallest absolute Gasteiger partial charge is 0.213 e. The van der Waals surface area contributed by atoms with E-state index in [1.165, 1.54) is 11.1 Å². The molecule has 3 nitrogen and oxygen atoms in total. The van der Waals surface area contributed by atoms with Gasteiger partial charge in [-0.1, -0.05) is 70.9 Å². The highest BCUT2D eigenvalue weighted by Gasteiger charge is 2.41. The minimum Gasteiger partial charge on any atom is -0.464 e. The van der Waals surface area contributed by atoms with Gasteiger partial charge in [-0.25, -0.2) is 5.01 Å². The summed E-state index contributed by atoms with van der Waals surface area (Å²) in [5, 5.41) is 7.83. The fourth-order valence-electron chi connectivity index (χ4n) is 4.01. The first-order chi connectivity index (χ1) is 14.1. The molecule has 2 aliphatic rings. The van der Waals surface area contributed by atoms with Crippen molar-refractivity contribution in [3.05, 3.63) is 98.5 Å². The second-order valence-corrected chi connectivity index (χ2v) is 8.75. The molecule has 3 aromatic carbocycles.